The van der Waals surface area contributed by atoms with Crippen LogP contribution in [0.3, 0.4) is 0 Å². The number of carbonyl (C=O) groups is 1. The fraction of sp³-hybridized carbons (Fsp3) is 0.853. The van der Waals surface area contributed by atoms with E-state index in [0.717, 1.165) is 74.7 Å². The Morgan fingerprint density at radius 1 is 1.08 bits per heavy atom. The molecule has 0 aromatic rings. The van der Waals surface area contributed by atoms with Crippen LogP contribution in [0.5, 0.6) is 0 Å². The molecule has 5 rings (SSSR count). The van der Waals surface area contributed by atoms with Gasteiger partial charge in [-0.3, -0.25) is 0 Å². The highest BCUT2D eigenvalue weighted by Gasteiger charge is 2.59. The number of morpholine rings is 1. The molecule has 0 amide bonds. The summed E-state index contributed by atoms with van der Waals surface area (Å²) >= 11 is 0. The number of hydrogen-bond donors (Lipinski definition) is 0. The molecule has 1 saturated heterocycles. The summed E-state index contributed by atoms with van der Waals surface area (Å²) in [5, 5.41) is 0. The first kappa shape index (κ1) is 28.2. The molecule has 4 heteroatoms. The zero-order valence-electron chi connectivity index (χ0n) is 25.1. The number of allylic oxidation sites excluding steroid dienone is 1. The molecule has 0 bridgehead atoms. The van der Waals surface area contributed by atoms with Crippen LogP contribution in [0.2, 0.25) is 0 Å². The molecule has 3 unspecified atom stereocenters. The Balaban J connectivity index is 1.20. The summed E-state index contributed by atoms with van der Waals surface area (Å²) in [4.78, 5) is 14.7. The fourth-order valence-corrected chi connectivity index (χ4v) is 9.85. The summed E-state index contributed by atoms with van der Waals surface area (Å²) in [6, 6.07) is 0. The molecule has 214 valence electrons. The lowest BCUT2D eigenvalue weighted by molar-refractivity contribution is -0.145. The van der Waals surface area contributed by atoms with Crippen LogP contribution in [0, 0.1) is 46.3 Å². The van der Waals surface area contributed by atoms with Crippen molar-refractivity contribution in [3.8, 4) is 0 Å². The molecule has 0 spiro atoms. The molecule has 0 aromatic carbocycles. The van der Waals surface area contributed by atoms with Gasteiger partial charge in [0.15, 0.2) is 0 Å². The topological polar surface area (TPSA) is 38.8 Å². The lowest BCUT2D eigenvalue weighted by atomic mass is 9.47. The Morgan fingerprint density at radius 2 is 1.87 bits per heavy atom. The summed E-state index contributed by atoms with van der Waals surface area (Å²) in [7, 11) is 0. The predicted molar refractivity (Wildman–Crippen MR) is 154 cm³/mol. The molecule has 4 aliphatic carbocycles. The third-order valence-corrected chi connectivity index (χ3v) is 12.0. The minimum atomic E-state index is -0.188. The summed E-state index contributed by atoms with van der Waals surface area (Å²) in [6.07, 6.45) is 20.4. The maximum Gasteiger partial charge on any atom is 0.332 e. The van der Waals surface area contributed by atoms with E-state index >= 15 is 0 Å². The van der Waals surface area contributed by atoms with Crippen LogP contribution >= 0.6 is 0 Å². The maximum atomic E-state index is 12.6. The predicted octanol–water partition coefficient (Wildman–Crippen LogP) is 7.79. The van der Waals surface area contributed by atoms with Gasteiger partial charge in [-0.1, -0.05) is 65.5 Å². The summed E-state index contributed by atoms with van der Waals surface area (Å²) in [5.74, 6) is 4.99. The van der Waals surface area contributed by atoms with E-state index in [4.69, 9.17) is 9.47 Å². The van der Waals surface area contributed by atoms with E-state index in [-0.39, 0.29) is 12.1 Å². The van der Waals surface area contributed by atoms with Crippen molar-refractivity contribution in [2.45, 2.75) is 111 Å². The smallest absolute Gasteiger partial charge is 0.332 e. The van der Waals surface area contributed by atoms with Crippen molar-refractivity contribution in [3.05, 3.63) is 23.9 Å². The largest absolute Gasteiger partial charge is 0.459 e. The summed E-state index contributed by atoms with van der Waals surface area (Å²) in [6.45, 7) is 15.7. The average Bonchev–Trinajstić information content (AvgIpc) is 3.25. The minimum Gasteiger partial charge on any atom is -0.459 e. The molecule has 4 nitrogen and oxygen atoms in total. The number of hydrogen-bond acceptors (Lipinski definition) is 4. The Labute approximate surface area is 233 Å². The second-order valence-electron chi connectivity index (χ2n) is 14.6. The SMILES string of the molecule is CC(C)CCC[C@@H](C)[C@H]1CCC2C3CC=C4C[C@@H](OC(=O)/C=C/N5CCOCC5)CC[C@]4(C)C3CC[C@@]21C. The van der Waals surface area contributed by atoms with Gasteiger partial charge in [-0.15, -0.1) is 0 Å². The van der Waals surface area contributed by atoms with Gasteiger partial charge < -0.3 is 14.4 Å². The van der Waals surface area contributed by atoms with Crippen LogP contribution in [0.1, 0.15) is 105 Å². The van der Waals surface area contributed by atoms with Crippen molar-refractivity contribution in [2.24, 2.45) is 46.3 Å². The molecule has 3 saturated carbocycles. The van der Waals surface area contributed by atoms with Crippen LogP contribution in [-0.4, -0.2) is 43.3 Å². The summed E-state index contributed by atoms with van der Waals surface area (Å²) < 4.78 is 11.4. The van der Waals surface area contributed by atoms with Crippen molar-refractivity contribution >= 4 is 5.97 Å². The molecule has 4 fully saturated rings. The Kier molecular flexibility index (Phi) is 8.68. The minimum absolute atomic E-state index is 0.0316. The highest BCUT2D eigenvalue weighted by Crippen LogP contribution is 2.67. The van der Waals surface area contributed by atoms with Crippen molar-refractivity contribution in [2.75, 3.05) is 26.3 Å². The molecule has 1 heterocycles. The van der Waals surface area contributed by atoms with Gasteiger partial charge in [-0.05, 0) is 91.3 Å². The average molecular weight is 526 g/mol. The molecule has 38 heavy (non-hydrogen) atoms. The van der Waals surface area contributed by atoms with Gasteiger partial charge in [0.2, 0.25) is 0 Å². The highest BCUT2D eigenvalue weighted by molar-refractivity contribution is 5.82. The zero-order valence-corrected chi connectivity index (χ0v) is 25.1. The number of rotatable bonds is 8. The lowest BCUT2D eigenvalue weighted by Gasteiger charge is -2.58. The lowest BCUT2D eigenvalue weighted by Crippen LogP contribution is -2.51. The number of fused-ring (bicyclic) bond motifs is 5. The molecule has 1 aliphatic heterocycles. The van der Waals surface area contributed by atoms with Crippen molar-refractivity contribution in [1.82, 2.24) is 4.90 Å². The van der Waals surface area contributed by atoms with E-state index < -0.39 is 0 Å². The normalized spacial score (nSPS) is 39.9. The van der Waals surface area contributed by atoms with E-state index in [1.165, 1.54) is 57.8 Å². The van der Waals surface area contributed by atoms with E-state index in [1.54, 1.807) is 11.6 Å². The van der Waals surface area contributed by atoms with Gasteiger partial charge in [0.25, 0.3) is 0 Å². The van der Waals surface area contributed by atoms with E-state index in [1.807, 2.05) is 6.20 Å². The molecule has 0 radical (unpaired) electrons. The first-order valence-electron chi connectivity index (χ1n) is 16.1. The third kappa shape index (κ3) is 5.63. The number of nitrogens with zero attached hydrogens (tertiary/aromatic N) is 1. The first-order chi connectivity index (χ1) is 18.2. The van der Waals surface area contributed by atoms with Crippen LogP contribution in [-0.2, 0) is 14.3 Å². The third-order valence-electron chi connectivity index (χ3n) is 12.0. The number of esters is 1. The second-order valence-corrected chi connectivity index (χ2v) is 14.6. The molecule has 0 N–H and O–H groups in total. The molecule has 0 aromatic heterocycles. The van der Waals surface area contributed by atoms with Gasteiger partial charge in [-0.2, -0.15) is 0 Å². The number of ether oxygens (including phenoxy) is 2. The Bertz CT molecular complexity index is 888. The van der Waals surface area contributed by atoms with Crippen molar-refractivity contribution in [3.63, 3.8) is 0 Å². The van der Waals surface area contributed by atoms with Crippen LogP contribution in [0.25, 0.3) is 0 Å². The fourth-order valence-electron chi connectivity index (χ4n) is 9.85. The van der Waals surface area contributed by atoms with Gasteiger partial charge in [0, 0.05) is 31.8 Å². The second kappa shape index (κ2) is 11.7. The maximum absolute atomic E-state index is 12.6. The van der Waals surface area contributed by atoms with Crippen LogP contribution in [0.15, 0.2) is 23.9 Å². The summed E-state index contributed by atoms with van der Waals surface area (Å²) in [5.41, 5.74) is 2.44. The van der Waals surface area contributed by atoms with E-state index in [2.05, 4.69) is 45.6 Å². The van der Waals surface area contributed by atoms with E-state index in [0.29, 0.717) is 10.8 Å². The molecule has 5 aliphatic rings. The first-order valence-corrected chi connectivity index (χ1v) is 16.1. The van der Waals surface area contributed by atoms with Gasteiger partial charge in [-0.25, -0.2) is 4.79 Å². The Morgan fingerprint density at radius 3 is 2.63 bits per heavy atom. The van der Waals surface area contributed by atoms with Gasteiger partial charge in [0.05, 0.1) is 13.2 Å². The van der Waals surface area contributed by atoms with E-state index in [9.17, 15) is 4.79 Å². The molecule has 8 atom stereocenters. The molecular formula is C34H55NO3. The molecular weight excluding hydrogens is 470 g/mol. The highest BCUT2D eigenvalue weighted by atomic mass is 16.5. The zero-order chi connectivity index (χ0) is 26.9. The van der Waals surface area contributed by atoms with Gasteiger partial charge in [0.1, 0.15) is 6.10 Å². The van der Waals surface area contributed by atoms with Crippen molar-refractivity contribution < 1.29 is 14.3 Å². The van der Waals surface area contributed by atoms with Crippen molar-refractivity contribution in [1.29, 1.82) is 0 Å². The van der Waals surface area contributed by atoms with Crippen LogP contribution < -0.4 is 0 Å². The van der Waals surface area contributed by atoms with Gasteiger partial charge >= 0.3 is 5.97 Å². The quantitative estimate of drug-likeness (QED) is 0.184. The standard InChI is InChI=1S/C34H55NO3/c1-24(2)7-6-8-25(3)29-11-12-30-28-10-9-26-23-27(38-32(36)15-18-35-19-21-37-22-20-35)13-16-33(26,4)31(28)14-17-34(29,30)5/h9,15,18,24-25,27-31H,6-8,10-14,16-17,19-23H2,1-5H3/b18-15+/t25-,27+,28?,29-,30?,31?,33+,34-/m1/s1. The van der Waals surface area contributed by atoms with Crippen LogP contribution in [0.4, 0.5) is 0 Å². The Hall–Kier alpha value is -1.29. The monoisotopic (exact) mass is 525 g/mol. The number of carbonyl (C=O) groups excluding carboxylic acids is 1.